The zero-order valence-electron chi connectivity index (χ0n) is 18.4. The molecular weight excluding hydrogens is 468 g/mol. The Hall–Kier alpha value is -3.62. The first-order valence-corrected chi connectivity index (χ1v) is 11.8. The van der Waals surface area contributed by atoms with E-state index in [1.165, 1.54) is 5.56 Å². The van der Waals surface area contributed by atoms with Gasteiger partial charge in [-0.05, 0) is 53.7 Å². The van der Waals surface area contributed by atoms with Crippen LogP contribution in [0.2, 0.25) is 0 Å². The maximum Gasteiger partial charge on any atom is 0.285 e. The van der Waals surface area contributed by atoms with Crippen molar-refractivity contribution in [3.8, 4) is 11.5 Å². The maximum absolute atomic E-state index is 12.9. The third-order valence-corrected chi connectivity index (χ3v) is 6.32. The Morgan fingerprint density at radius 3 is 2.44 bits per heavy atom. The van der Waals surface area contributed by atoms with E-state index in [4.69, 9.17) is 21.7 Å². The van der Waals surface area contributed by atoms with Gasteiger partial charge in [0, 0.05) is 12.0 Å². The Labute approximate surface area is 207 Å². The van der Waals surface area contributed by atoms with Gasteiger partial charge in [0.05, 0.1) is 18.6 Å². The predicted molar refractivity (Wildman–Crippen MR) is 138 cm³/mol. The minimum Gasteiger partial charge on any atom is -0.493 e. The summed E-state index contributed by atoms with van der Waals surface area (Å²) in [5.41, 5.74) is 4.95. The molecule has 0 unspecified atom stereocenters. The van der Waals surface area contributed by atoms with Crippen LogP contribution < -0.4 is 14.9 Å². The molecule has 1 heterocycles. The number of nitrogens with one attached hydrogen (secondary N) is 1. The van der Waals surface area contributed by atoms with Gasteiger partial charge in [-0.3, -0.25) is 15.0 Å². The molecule has 0 aliphatic carbocycles. The molecule has 6 nitrogen and oxygen atoms in total. The van der Waals surface area contributed by atoms with Crippen LogP contribution in [-0.4, -0.2) is 34.9 Å². The second kappa shape index (κ2) is 11.0. The first kappa shape index (κ1) is 23.5. The molecular formula is C26H22N2O4S2. The summed E-state index contributed by atoms with van der Waals surface area (Å²) in [6.45, 7) is 0.484. The molecule has 1 N–H and O–H groups in total. The first-order valence-electron chi connectivity index (χ1n) is 10.5. The number of benzene rings is 3. The van der Waals surface area contributed by atoms with Gasteiger partial charge in [-0.2, -0.15) is 5.01 Å². The molecule has 0 aromatic heterocycles. The van der Waals surface area contributed by atoms with Gasteiger partial charge in [0.1, 0.15) is 0 Å². The lowest BCUT2D eigenvalue weighted by Gasteiger charge is -2.15. The number of methoxy groups -OCH3 is 1. The fourth-order valence-corrected chi connectivity index (χ4v) is 4.47. The standard InChI is InChI=1S/C26H22N2O4S2/c1-31-21-13-12-19(16-22(21)32-15-14-18-8-4-2-5-9-18)17-23-25(30)28(26(33)34-23)27-24(29)20-10-6-3-7-11-20/h2-13,16-17H,14-15H2,1H3,(H,27,29)/b23-17-. The molecule has 3 aromatic rings. The van der Waals surface area contributed by atoms with Crippen molar-refractivity contribution >= 4 is 46.2 Å². The summed E-state index contributed by atoms with van der Waals surface area (Å²) < 4.78 is 11.6. The van der Waals surface area contributed by atoms with E-state index in [0.29, 0.717) is 28.6 Å². The number of thioether (sulfide) groups is 1. The molecule has 1 fully saturated rings. The average molecular weight is 491 g/mol. The van der Waals surface area contributed by atoms with Gasteiger partial charge >= 0.3 is 0 Å². The minimum absolute atomic E-state index is 0.258. The summed E-state index contributed by atoms with van der Waals surface area (Å²) in [6, 6.07) is 24.2. The largest absolute Gasteiger partial charge is 0.493 e. The Morgan fingerprint density at radius 2 is 1.74 bits per heavy atom. The van der Waals surface area contributed by atoms with Crippen LogP contribution in [0, 0.1) is 0 Å². The molecule has 1 aliphatic heterocycles. The van der Waals surface area contributed by atoms with Crippen molar-refractivity contribution in [1.29, 1.82) is 0 Å². The van der Waals surface area contributed by atoms with E-state index >= 15 is 0 Å². The van der Waals surface area contributed by atoms with Crippen molar-refractivity contribution in [2.24, 2.45) is 0 Å². The van der Waals surface area contributed by atoms with Crippen LogP contribution in [0.4, 0.5) is 0 Å². The summed E-state index contributed by atoms with van der Waals surface area (Å²) in [5.74, 6) is 0.395. The normalized spacial score (nSPS) is 14.4. The lowest BCUT2D eigenvalue weighted by Crippen LogP contribution is -2.44. The second-order valence-corrected chi connectivity index (χ2v) is 8.99. The number of ether oxygens (including phenoxy) is 2. The van der Waals surface area contributed by atoms with E-state index in [2.05, 4.69) is 17.6 Å². The highest BCUT2D eigenvalue weighted by Gasteiger charge is 2.33. The van der Waals surface area contributed by atoms with Gasteiger partial charge < -0.3 is 9.47 Å². The van der Waals surface area contributed by atoms with Crippen molar-refractivity contribution in [3.05, 3.63) is 100 Å². The summed E-state index contributed by atoms with van der Waals surface area (Å²) in [4.78, 5) is 25.8. The molecule has 0 atom stereocenters. The summed E-state index contributed by atoms with van der Waals surface area (Å²) in [7, 11) is 1.58. The Kier molecular flexibility index (Phi) is 7.61. The fraction of sp³-hybridized carbons (Fsp3) is 0.115. The third-order valence-electron chi connectivity index (χ3n) is 5.02. The van der Waals surface area contributed by atoms with E-state index in [9.17, 15) is 9.59 Å². The molecule has 0 radical (unpaired) electrons. The number of nitrogens with zero attached hydrogens (tertiary/aromatic N) is 1. The zero-order valence-corrected chi connectivity index (χ0v) is 20.0. The van der Waals surface area contributed by atoms with Crippen molar-refractivity contribution in [2.75, 3.05) is 13.7 Å². The van der Waals surface area contributed by atoms with Crippen LogP contribution in [0.25, 0.3) is 6.08 Å². The number of amides is 2. The maximum atomic E-state index is 12.9. The molecule has 1 aliphatic rings. The number of hydrazine groups is 1. The van der Waals surface area contributed by atoms with E-state index in [0.717, 1.165) is 28.8 Å². The van der Waals surface area contributed by atoms with Crippen LogP contribution in [0.1, 0.15) is 21.5 Å². The predicted octanol–water partition coefficient (Wildman–Crippen LogP) is 4.86. The van der Waals surface area contributed by atoms with E-state index in [-0.39, 0.29) is 10.2 Å². The monoisotopic (exact) mass is 490 g/mol. The molecule has 1 saturated heterocycles. The molecule has 34 heavy (non-hydrogen) atoms. The lowest BCUT2D eigenvalue weighted by molar-refractivity contribution is -0.123. The molecule has 0 spiro atoms. The molecule has 172 valence electrons. The van der Waals surface area contributed by atoms with Gasteiger partial charge in [-0.1, -0.05) is 66.4 Å². The van der Waals surface area contributed by atoms with Crippen molar-refractivity contribution < 1.29 is 19.1 Å². The number of carbonyl (C=O) groups is 2. The van der Waals surface area contributed by atoms with Gasteiger partial charge in [-0.15, -0.1) is 0 Å². The average Bonchev–Trinajstić information content (AvgIpc) is 3.12. The molecule has 0 saturated carbocycles. The molecule has 8 heteroatoms. The highest BCUT2D eigenvalue weighted by atomic mass is 32.2. The Morgan fingerprint density at radius 1 is 1.03 bits per heavy atom. The first-order chi connectivity index (χ1) is 16.5. The number of rotatable bonds is 8. The number of hydrogen-bond donors (Lipinski definition) is 1. The van der Waals surface area contributed by atoms with Crippen LogP contribution in [0.5, 0.6) is 11.5 Å². The van der Waals surface area contributed by atoms with Crippen molar-refractivity contribution in [1.82, 2.24) is 10.4 Å². The van der Waals surface area contributed by atoms with Crippen LogP contribution in [0.3, 0.4) is 0 Å². The Bertz CT molecular complexity index is 1230. The molecule has 2 amide bonds. The van der Waals surface area contributed by atoms with Crippen molar-refractivity contribution in [2.45, 2.75) is 6.42 Å². The topological polar surface area (TPSA) is 67.9 Å². The Balaban J connectivity index is 1.46. The summed E-state index contributed by atoms with van der Waals surface area (Å²) in [5, 5.41) is 1.10. The molecule has 3 aromatic carbocycles. The number of thiocarbonyl (C=S) groups is 1. The van der Waals surface area contributed by atoms with E-state index < -0.39 is 5.91 Å². The minimum atomic E-state index is -0.406. The van der Waals surface area contributed by atoms with Crippen LogP contribution in [0.15, 0.2) is 83.8 Å². The highest BCUT2D eigenvalue weighted by molar-refractivity contribution is 8.26. The number of carbonyl (C=O) groups excluding carboxylic acids is 2. The smallest absolute Gasteiger partial charge is 0.285 e. The summed E-state index contributed by atoms with van der Waals surface area (Å²) in [6.07, 6.45) is 2.48. The third kappa shape index (κ3) is 5.65. The molecule has 4 rings (SSSR count). The van der Waals surface area contributed by atoms with Gasteiger partial charge in [0.2, 0.25) is 0 Å². The SMILES string of the molecule is COc1ccc(/C=C2\SC(=S)N(NC(=O)c3ccccc3)C2=O)cc1OCCc1ccccc1. The van der Waals surface area contributed by atoms with Crippen molar-refractivity contribution in [3.63, 3.8) is 0 Å². The second-order valence-electron chi connectivity index (χ2n) is 7.32. The van der Waals surface area contributed by atoms with Gasteiger partial charge in [0.15, 0.2) is 15.8 Å². The van der Waals surface area contributed by atoms with Crippen LogP contribution >= 0.6 is 24.0 Å². The quantitative estimate of drug-likeness (QED) is 0.359. The zero-order chi connectivity index (χ0) is 23.9. The van der Waals surface area contributed by atoms with E-state index in [1.54, 1.807) is 43.5 Å². The van der Waals surface area contributed by atoms with E-state index in [1.807, 2.05) is 36.4 Å². The fourth-order valence-electron chi connectivity index (χ4n) is 3.29. The number of hydrogen-bond acceptors (Lipinski definition) is 6. The highest BCUT2D eigenvalue weighted by Crippen LogP contribution is 2.34. The van der Waals surface area contributed by atoms with Gasteiger partial charge in [-0.25, -0.2) is 0 Å². The lowest BCUT2D eigenvalue weighted by atomic mass is 10.1. The summed E-state index contributed by atoms with van der Waals surface area (Å²) >= 11 is 6.44. The molecule has 0 bridgehead atoms. The van der Waals surface area contributed by atoms with Crippen LogP contribution in [-0.2, 0) is 11.2 Å². The van der Waals surface area contributed by atoms with Gasteiger partial charge in [0.25, 0.3) is 11.8 Å².